The maximum Gasteiger partial charge on any atom is 0.259 e. The van der Waals surface area contributed by atoms with Crippen LogP contribution in [0.4, 0.5) is 11.4 Å². The Bertz CT molecular complexity index is 1240. The van der Waals surface area contributed by atoms with Crippen molar-refractivity contribution in [2.75, 3.05) is 10.6 Å². The van der Waals surface area contributed by atoms with E-state index in [1.807, 2.05) is 57.2 Å². The lowest BCUT2D eigenvalue weighted by molar-refractivity contribution is -0.118. The first-order valence-electron chi connectivity index (χ1n) is 10.3. The van der Waals surface area contributed by atoms with Gasteiger partial charge in [0.25, 0.3) is 5.91 Å². The normalized spacial score (nSPS) is 10.9. The summed E-state index contributed by atoms with van der Waals surface area (Å²) in [7, 11) is 0. The Morgan fingerprint density at radius 1 is 0.906 bits per heavy atom. The number of benzene rings is 2. The van der Waals surface area contributed by atoms with Gasteiger partial charge in [0.05, 0.1) is 11.3 Å². The average molecular weight is 428 g/mol. The Kier molecular flexibility index (Phi) is 5.89. The molecule has 32 heavy (non-hydrogen) atoms. The zero-order chi connectivity index (χ0) is 22.7. The van der Waals surface area contributed by atoms with E-state index in [-0.39, 0.29) is 17.7 Å². The van der Waals surface area contributed by atoms with E-state index in [1.54, 1.807) is 41.2 Å². The third kappa shape index (κ3) is 4.62. The van der Waals surface area contributed by atoms with Crippen LogP contribution in [-0.4, -0.2) is 21.6 Å². The standard InChI is InChI=1S/C25H24N4O3/c1-16(2)24(30)26-18-10-12-19(13-11-18)27-25(31)21-15-29(20-7-5-4-6-8-20)28-23(21)22-14-9-17(3)32-22/h4-16H,1-3H3,(H,26,30)(H,27,31). The number of hydrogen-bond acceptors (Lipinski definition) is 4. The lowest BCUT2D eigenvalue weighted by Crippen LogP contribution is -2.17. The molecule has 0 aliphatic heterocycles. The topological polar surface area (TPSA) is 89.2 Å². The molecule has 162 valence electrons. The van der Waals surface area contributed by atoms with Crippen LogP contribution in [0.3, 0.4) is 0 Å². The predicted octanol–water partition coefficient (Wildman–Crippen LogP) is 5.29. The van der Waals surface area contributed by atoms with Crippen molar-refractivity contribution in [3.8, 4) is 17.1 Å². The van der Waals surface area contributed by atoms with Gasteiger partial charge in [-0.15, -0.1) is 0 Å². The summed E-state index contributed by atoms with van der Waals surface area (Å²) >= 11 is 0. The van der Waals surface area contributed by atoms with Gasteiger partial charge in [0.15, 0.2) is 5.76 Å². The number of nitrogens with zero attached hydrogens (tertiary/aromatic N) is 2. The molecule has 0 saturated heterocycles. The molecular weight excluding hydrogens is 404 g/mol. The van der Waals surface area contributed by atoms with Gasteiger partial charge in [-0.05, 0) is 55.5 Å². The molecule has 2 N–H and O–H groups in total. The summed E-state index contributed by atoms with van der Waals surface area (Å²) in [5, 5.41) is 10.3. The van der Waals surface area contributed by atoms with Crippen LogP contribution >= 0.6 is 0 Å². The Balaban J connectivity index is 1.60. The van der Waals surface area contributed by atoms with E-state index < -0.39 is 0 Å². The largest absolute Gasteiger partial charge is 0.460 e. The summed E-state index contributed by atoms with van der Waals surface area (Å²) in [5.74, 6) is 0.775. The van der Waals surface area contributed by atoms with Crippen molar-refractivity contribution in [3.05, 3.63) is 84.3 Å². The van der Waals surface area contributed by atoms with Crippen molar-refractivity contribution in [1.82, 2.24) is 9.78 Å². The summed E-state index contributed by atoms with van der Waals surface area (Å²) in [6.07, 6.45) is 1.69. The molecule has 0 unspecified atom stereocenters. The van der Waals surface area contributed by atoms with Gasteiger partial charge in [-0.1, -0.05) is 32.0 Å². The second-order valence-corrected chi connectivity index (χ2v) is 7.76. The molecule has 2 amide bonds. The molecule has 0 atom stereocenters. The average Bonchev–Trinajstić information content (AvgIpc) is 3.42. The molecule has 2 heterocycles. The number of hydrogen-bond donors (Lipinski definition) is 2. The van der Waals surface area contributed by atoms with Crippen LogP contribution in [0.25, 0.3) is 17.1 Å². The van der Waals surface area contributed by atoms with Crippen molar-refractivity contribution in [2.45, 2.75) is 20.8 Å². The first kappa shape index (κ1) is 21.1. The number of rotatable bonds is 6. The van der Waals surface area contributed by atoms with Gasteiger partial charge in [0.1, 0.15) is 11.5 Å². The van der Waals surface area contributed by atoms with E-state index in [0.29, 0.717) is 28.4 Å². The number of carbonyl (C=O) groups is 2. The Hall–Kier alpha value is -4.13. The number of furan rings is 1. The third-order valence-corrected chi connectivity index (χ3v) is 4.89. The minimum absolute atomic E-state index is 0.0616. The van der Waals surface area contributed by atoms with Gasteiger partial charge in [-0.25, -0.2) is 4.68 Å². The van der Waals surface area contributed by atoms with Crippen LogP contribution in [0.15, 0.2) is 77.3 Å². The molecule has 0 radical (unpaired) electrons. The highest BCUT2D eigenvalue weighted by Gasteiger charge is 2.21. The van der Waals surface area contributed by atoms with Crippen LogP contribution < -0.4 is 10.6 Å². The second-order valence-electron chi connectivity index (χ2n) is 7.76. The molecule has 0 fully saturated rings. The highest BCUT2D eigenvalue weighted by atomic mass is 16.3. The Labute approximate surface area is 186 Å². The quantitative estimate of drug-likeness (QED) is 0.437. The second kappa shape index (κ2) is 8.93. The van der Waals surface area contributed by atoms with E-state index in [4.69, 9.17) is 4.42 Å². The third-order valence-electron chi connectivity index (χ3n) is 4.89. The van der Waals surface area contributed by atoms with Crippen LogP contribution in [-0.2, 0) is 4.79 Å². The first-order chi connectivity index (χ1) is 15.4. The Morgan fingerprint density at radius 2 is 1.56 bits per heavy atom. The molecule has 0 aliphatic carbocycles. The monoisotopic (exact) mass is 428 g/mol. The summed E-state index contributed by atoms with van der Waals surface area (Å²) in [4.78, 5) is 25.0. The van der Waals surface area contributed by atoms with Gasteiger partial charge in [-0.3, -0.25) is 9.59 Å². The van der Waals surface area contributed by atoms with Gasteiger partial charge in [0, 0.05) is 23.5 Å². The molecule has 0 aliphatic rings. The number of aromatic nitrogens is 2. The van der Waals surface area contributed by atoms with E-state index in [9.17, 15) is 9.59 Å². The molecule has 7 heteroatoms. The number of nitrogens with one attached hydrogen (secondary N) is 2. The summed E-state index contributed by atoms with van der Waals surface area (Å²) < 4.78 is 7.40. The fourth-order valence-corrected chi connectivity index (χ4v) is 3.12. The van der Waals surface area contributed by atoms with Crippen LogP contribution in [0.2, 0.25) is 0 Å². The Morgan fingerprint density at radius 3 is 2.16 bits per heavy atom. The molecule has 0 bridgehead atoms. The van der Waals surface area contributed by atoms with Crippen LogP contribution in [0.5, 0.6) is 0 Å². The van der Waals surface area contributed by atoms with Crippen molar-refractivity contribution >= 4 is 23.2 Å². The van der Waals surface area contributed by atoms with Crippen molar-refractivity contribution in [3.63, 3.8) is 0 Å². The molecule has 0 spiro atoms. The van der Waals surface area contributed by atoms with E-state index >= 15 is 0 Å². The number of anilines is 2. The minimum atomic E-state index is -0.310. The van der Waals surface area contributed by atoms with Crippen LogP contribution in [0, 0.1) is 12.8 Å². The van der Waals surface area contributed by atoms with Crippen LogP contribution in [0.1, 0.15) is 30.0 Å². The SMILES string of the molecule is Cc1ccc(-c2nn(-c3ccccc3)cc2C(=O)Nc2ccc(NC(=O)C(C)C)cc2)o1. The number of para-hydroxylation sites is 1. The maximum atomic E-state index is 13.1. The zero-order valence-electron chi connectivity index (χ0n) is 18.1. The molecular formula is C25H24N4O3. The van der Waals surface area contributed by atoms with Gasteiger partial charge >= 0.3 is 0 Å². The van der Waals surface area contributed by atoms with Gasteiger partial charge in [-0.2, -0.15) is 5.10 Å². The lowest BCUT2D eigenvalue weighted by Gasteiger charge is -2.09. The van der Waals surface area contributed by atoms with Gasteiger partial charge < -0.3 is 15.1 Å². The summed E-state index contributed by atoms with van der Waals surface area (Å²) in [5.41, 5.74) is 2.96. The summed E-state index contributed by atoms with van der Waals surface area (Å²) in [6.45, 7) is 5.51. The van der Waals surface area contributed by atoms with E-state index in [0.717, 1.165) is 11.4 Å². The molecule has 4 aromatic rings. The molecule has 4 rings (SSSR count). The van der Waals surface area contributed by atoms with Crippen molar-refractivity contribution < 1.29 is 14.0 Å². The molecule has 2 aromatic carbocycles. The minimum Gasteiger partial charge on any atom is -0.460 e. The number of carbonyl (C=O) groups excluding carboxylic acids is 2. The maximum absolute atomic E-state index is 13.1. The molecule has 7 nitrogen and oxygen atoms in total. The summed E-state index contributed by atoms with van der Waals surface area (Å²) in [6, 6.07) is 20.2. The number of amides is 2. The highest BCUT2D eigenvalue weighted by molar-refractivity contribution is 6.08. The van der Waals surface area contributed by atoms with E-state index in [1.165, 1.54) is 0 Å². The number of aryl methyl sites for hydroxylation is 1. The predicted molar refractivity (Wildman–Crippen MR) is 124 cm³/mol. The fourth-order valence-electron chi connectivity index (χ4n) is 3.12. The smallest absolute Gasteiger partial charge is 0.259 e. The van der Waals surface area contributed by atoms with Crippen molar-refractivity contribution in [2.24, 2.45) is 5.92 Å². The van der Waals surface area contributed by atoms with E-state index in [2.05, 4.69) is 15.7 Å². The van der Waals surface area contributed by atoms with Gasteiger partial charge in [0.2, 0.25) is 5.91 Å². The molecule has 0 saturated carbocycles. The molecule has 2 aromatic heterocycles. The zero-order valence-corrected chi connectivity index (χ0v) is 18.1. The van der Waals surface area contributed by atoms with Crippen molar-refractivity contribution in [1.29, 1.82) is 0 Å². The first-order valence-corrected chi connectivity index (χ1v) is 10.3. The fraction of sp³-hybridized carbons (Fsp3) is 0.160. The highest BCUT2D eigenvalue weighted by Crippen LogP contribution is 2.27. The lowest BCUT2D eigenvalue weighted by atomic mass is 10.2.